The number of halogens is 1. The van der Waals surface area contributed by atoms with E-state index >= 15 is 0 Å². The summed E-state index contributed by atoms with van der Waals surface area (Å²) < 4.78 is 0.673. The van der Waals surface area contributed by atoms with Crippen LogP contribution >= 0.6 is 15.9 Å². The highest BCUT2D eigenvalue weighted by atomic mass is 79.9. The van der Waals surface area contributed by atoms with Crippen molar-refractivity contribution in [3.8, 4) is 11.1 Å². The number of carbonyl (C=O) groups excluding carboxylic acids is 1. The van der Waals surface area contributed by atoms with Crippen LogP contribution in [0.25, 0.3) is 22.0 Å². The molecule has 2 saturated carbocycles. The Kier molecular flexibility index (Phi) is 5.49. The van der Waals surface area contributed by atoms with Crippen LogP contribution in [0.2, 0.25) is 0 Å². The van der Waals surface area contributed by atoms with E-state index in [1.807, 2.05) is 17.0 Å². The second-order valence-electron chi connectivity index (χ2n) is 9.08. The lowest BCUT2D eigenvalue weighted by atomic mass is 10.0. The molecule has 2 fully saturated rings. The summed E-state index contributed by atoms with van der Waals surface area (Å²) in [5.41, 5.74) is 4.74. The summed E-state index contributed by atoms with van der Waals surface area (Å²) in [6, 6.07) is 21.0. The van der Waals surface area contributed by atoms with Gasteiger partial charge in [0.1, 0.15) is 22.4 Å². The lowest BCUT2D eigenvalue weighted by Crippen LogP contribution is -2.33. The summed E-state index contributed by atoms with van der Waals surface area (Å²) in [7, 11) is 0. The lowest BCUT2D eigenvalue weighted by Gasteiger charge is -2.22. The number of amides is 1. The van der Waals surface area contributed by atoms with E-state index in [0.29, 0.717) is 22.9 Å². The van der Waals surface area contributed by atoms with Gasteiger partial charge < -0.3 is 10.2 Å². The highest BCUT2D eigenvalue weighted by molar-refractivity contribution is 9.10. The Morgan fingerprint density at radius 2 is 1.79 bits per heavy atom. The first-order valence-electron chi connectivity index (χ1n) is 11.7. The molecule has 0 bridgehead atoms. The molecule has 0 radical (unpaired) electrons. The summed E-state index contributed by atoms with van der Waals surface area (Å²) in [5, 5.41) is 4.56. The number of hydrogen-bond acceptors (Lipinski definition) is 5. The predicted octanol–water partition coefficient (Wildman–Crippen LogP) is 5.83. The smallest absolute Gasteiger partial charge is 0.273 e. The van der Waals surface area contributed by atoms with Crippen molar-refractivity contribution >= 4 is 38.6 Å². The summed E-state index contributed by atoms with van der Waals surface area (Å²) in [6.07, 6.45) is 6.09. The van der Waals surface area contributed by atoms with Crippen molar-refractivity contribution in [1.82, 2.24) is 19.9 Å². The van der Waals surface area contributed by atoms with Crippen LogP contribution in [-0.2, 0) is 6.54 Å². The van der Waals surface area contributed by atoms with Gasteiger partial charge in [0.05, 0.1) is 5.52 Å². The van der Waals surface area contributed by atoms with E-state index in [9.17, 15) is 4.79 Å². The van der Waals surface area contributed by atoms with Crippen LogP contribution in [0.5, 0.6) is 0 Å². The largest absolute Gasteiger partial charge is 0.367 e. The maximum atomic E-state index is 13.2. The Balaban J connectivity index is 1.29. The van der Waals surface area contributed by atoms with Gasteiger partial charge in [0.2, 0.25) is 0 Å². The number of nitrogens with one attached hydrogen (secondary N) is 1. The van der Waals surface area contributed by atoms with Gasteiger partial charge in [0.25, 0.3) is 5.91 Å². The van der Waals surface area contributed by atoms with Crippen molar-refractivity contribution in [2.45, 2.75) is 44.3 Å². The third-order valence-electron chi connectivity index (χ3n) is 6.35. The van der Waals surface area contributed by atoms with Gasteiger partial charge in [-0.15, -0.1) is 0 Å². The molecule has 1 amide bonds. The number of benzene rings is 2. The van der Waals surface area contributed by atoms with E-state index in [4.69, 9.17) is 0 Å². The second-order valence-corrected chi connectivity index (χ2v) is 9.90. The van der Waals surface area contributed by atoms with Crippen molar-refractivity contribution < 1.29 is 4.79 Å². The third-order valence-corrected chi connectivity index (χ3v) is 6.79. The first-order valence-corrected chi connectivity index (χ1v) is 12.5. The van der Waals surface area contributed by atoms with Gasteiger partial charge in [-0.3, -0.25) is 4.79 Å². The van der Waals surface area contributed by atoms with Gasteiger partial charge in [-0.1, -0.05) is 30.3 Å². The Morgan fingerprint density at radius 3 is 2.59 bits per heavy atom. The van der Waals surface area contributed by atoms with Crippen LogP contribution in [0.4, 0.5) is 5.82 Å². The van der Waals surface area contributed by atoms with E-state index in [0.717, 1.165) is 46.3 Å². The molecular weight excluding hydrogens is 490 g/mol. The van der Waals surface area contributed by atoms with E-state index in [-0.39, 0.29) is 11.9 Å². The Labute approximate surface area is 206 Å². The number of fused-ring (bicyclic) bond motifs is 1. The van der Waals surface area contributed by atoms with Crippen molar-refractivity contribution in [2.75, 3.05) is 5.32 Å². The molecule has 2 aromatic carbocycles. The van der Waals surface area contributed by atoms with Crippen molar-refractivity contribution in [3.63, 3.8) is 0 Å². The topological polar surface area (TPSA) is 71.0 Å². The summed E-state index contributed by atoms with van der Waals surface area (Å²) in [5.74, 6) is 0.880. The molecule has 0 atom stereocenters. The fraction of sp³-hybridized carbons (Fsp3) is 0.259. The van der Waals surface area contributed by atoms with Gasteiger partial charge in [-0.25, -0.2) is 15.0 Å². The number of nitrogens with zero attached hydrogens (tertiary/aromatic N) is 4. The maximum Gasteiger partial charge on any atom is 0.273 e. The number of pyridine rings is 1. The number of rotatable bonds is 7. The quantitative estimate of drug-likeness (QED) is 0.314. The van der Waals surface area contributed by atoms with Gasteiger partial charge in [-0.2, -0.15) is 0 Å². The minimum atomic E-state index is -0.0205. The van der Waals surface area contributed by atoms with Gasteiger partial charge in [0, 0.05) is 24.0 Å². The average molecular weight is 514 g/mol. The van der Waals surface area contributed by atoms with Crippen molar-refractivity contribution in [1.29, 1.82) is 0 Å². The lowest BCUT2D eigenvalue weighted by molar-refractivity contribution is 0.0723. The molecule has 170 valence electrons. The average Bonchev–Trinajstić information content (AvgIpc) is 3.78. The summed E-state index contributed by atoms with van der Waals surface area (Å²) in [4.78, 5) is 28.5. The van der Waals surface area contributed by atoms with Crippen LogP contribution in [0.15, 0.2) is 71.6 Å². The molecule has 6 nitrogen and oxygen atoms in total. The summed E-state index contributed by atoms with van der Waals surface area (Å²) >= 11 is 3.38. The molecule has 0 saturated heterocycles. The van der Waals surface area contributed by atoms with Crippen LogP contribution in [0, 0.1) is 0 Å². The Morgan fingerprint density at radius 1 is 0.971 bits per heavy atom. The Hall–Kier alpha value is -3.32. The molecule has 34 heavy (non-hydrogen) atoms. The van der Waals surface area contributed by atoms with E-state index in [2.05, 4.69) is 78.7 Å². The molecule has 1 N–H and O–H groups in total. The third kappa shape index (κ3) is 4.53. The zero-order valence-electron chi connectivity index (χ0n) is 18.6. The monoisotopic (exact) mass is 513 g/mol. The van der Waals surface area contributed by atoms with Crippen molar-refractivity contribution in [3.05, 3.63) is 82.9 Å². The number of aromatic nitrogens is 3. The zero-order valence-corrected chi connectivity index (χ0v) is 20.2. The predicted molar refractivity (Wildman–Crippen MR) is 136 cm³/mol. The van der Waals surface area contributed by atoms with E-state index in [1.165, 1.54) is 12.8 Å². The highest BCUT2D eigenvalue weighted by Crippen LogP contribution is 2.33. The fourth-order valence-corrected chi connectivity index (χ4v) is 4.59. The van der Waals surface area contributed by atoms with E-state index < -0.39 is 0 Å². The van der Waals surface area contributed by atoms with Crippen LogP contribution in [-0.4, -0.2) is 37.8 Å². The van der Waals surface area contributed by atoms with Gasteiger partial charge >= 0.3 is 0 Å². The SMILES string of the molecule is O=C(c1cccc(Br)n1)N(Cc1cccc(-c2ccc3ncnc(NC4CC4)c3c2)c1)C1CC1. The molecule has 0 unspecified atom stereocenters. The maximum absolute atomic E-state index is 13.2. The minimum Gasteiger partial charge on any atom is -0.367 e. The normalized spacial score (nSPS) is 15.3. The molecular formula is C27H24BrN5O. The van der Waals surface area contributed by atoms with Gasteiger partial charge in [0.15, 0.2) is 0 Å². The zero-order chi connectivity index (χ0) is 23.1. The molecule has 4 aromatic rings. The number of carbonyl (C=O) groups is 1. The molecule has 6 rings (SSSR count). The first-order chi connectivity index (χ1) is 16.6. The van der Waals surface area contributed by atoms with Crippen LogP contribution in [0.1, 0.15) is 41.7 Å². The molecule has 2 heterocycles. The molecule has 2 aliphatic rings. The molecule has 2 aliphatic carbocycles. The van der Waals surface area contributed by atoms with Crippen LogP contribution in [0.3, 0.4) is 0 Å². The standard InChI is InChI=1S/C27H24BrN5O/c28-25-6-2-5-24(32-25)27(34)33(21-10-11-21)15-17-3-1-4-18(13-17)19-7-12-23-22(14-19)26(30-16-29-23)31-20-8-9-20/h1-7,12-14,16,20-21H,8-11,15H2,(H,29,30,31). The molecule has 7 heteroatoms. The fourth-order valence-electron chi connectivity index (χ4n) is 4.25. The Bertz CT molecular complexity index is 1380. The second kappa shape index (κ2) is 8.80. The summed E-state index contributed by atoms with van der Waals surface area (Å²) in [6.45, 7) is 0.566. The first kappa shape index (κ1) is 21.2. The van der Waals surface area contributed by atoms with Gasteiger partial charge in [-0.05, 0) is 88.6 Å². The molecule has 2 aromatic heterocycles. The highest BCUT2D eigenvalue weighted by Gasteiger charge is 2.33. The number of hydrogen-bond donors (Lipinski definition) is 1. The minimum absolute atomic E-state index is 0.0205. The molecule has 0 spiro atoms. The van der Waals surface area contributed by atoms with E-state index in [1.54, 1.807) is 12.4 Å². The number of anilines is 1. The van der Waals surface area contributed by atoms with Crippen molar-refractivity contribution in [2.24, 2.45) is 0 Å². The molecule has 0 aliphatic heterocycles. The van der Waals surface area contributed by atoms with Crippen LogP contribution < -0.4 is 5.32 Å².